The van der Waals surface area contributed by atoms with Gasteiger partial charge in [-0.2, -0.15) is 0 Å². The first-order chi connectivity index (χ1) is 14.5. The Labute approximate surface area is 175 Å². The summed E-state index contributed by atoms with van der Waals surface area (Å²) in [6, 6.07) is 7.51. The van der Waals surface area contributed by atoms with Crippen molar-refractivity contribution in [1.82, 2.24) is 14.5 Å². The number of unbranched alkanes of at least 4 members (excludes halogenated alkanes) is 1. The van der Waals surface area contributed by atoms with Crippen LogP contribution in [0.5, 0.6) is 0 Å². The van der Waals surface area contributed by atoms with Gasteiger partial charge < -0.3 is 18.9 Å². The molecule has 1 aliphatic heterocycles. The van der Waals surface area contributed by atoms with Gasteiger partial charge in [-0.15, -0.1) is 0 Å². The second-order valence-electron chi connectivity index (χ2n) is 7.43. The normalized spacial score (nSPS) is 15.2. The van der Waals surface area contributed by atoms with Crippen LogP contribution < -0.4 is 5.56 Å². The van der Waals surface area contributed by atoms with E-state index in [9.17, 15) is 14.4 Å². The predicted octanol–water partition coefficient (Wildman–Crippen LogP) is 1.92. The van der Waals surface area contributed by atoms with E-state index >= 15 is 0 Å². The van der Waals surface area contributed by atoms with Crippen LogP contribution in [0, 0.1) is 0 Å². The number of para-hydroxylation sites is 2. The number of carbonyl (C=O) groups excluding carboxylic acids is 2. The molecule has 8 heteroatoms. The zero-order valence-corrected chi connectivity index (χ0v) is 17.6. The van der Waals surface area contributed by atoms with Crippen LogP contribution in [-0.4, -0.2) is 58.7 Å². The fraction of sp³-hybridized carbons (Fsp3) is 0.545. The summed E-state index contributed by atoms with van der Waals surface area (Å²) in [5, 5.41) is 0. The van der Waals surface area contributed by atoms with E-state index in [0.717, 1.165) is 23.9 Å². The zero-order valence-electron chi connectivity index (χ0n) is 17.6. The molecule has 1 fully saturated rings. The lowest BCUT2D eigenvalue weighted by Gasteiger charge is -2.28. The SMILES string of the molecule is CCCCn1c(=O)c(CCC(=O)OC(C)C(=O)N2CCOCC2)nc2ccccc21. The lowest BCUT2D eigenvalue weighted by Crippen LogP contribution is -2.46. The summed E-state index contributed by atoms with van der Waals surface area (Å²) in [6.07, 6.45) is 1.17. The van der Waals surface area contributed by atoms with Crippen molar-refractivity contribution in [1.29, 1.82) is 0 Å². The number of esters is 1. The van der Waals surface area contributed by atoms with Gasteiger partial charge in [-0.05, 0) is 25.5 Å². The largest absolute Gasteiger partial charge is 0.453 e. The Morgan fingerprint density at radius 1 is 1.23 bits per heavy atom. The number of rotatable bonds is 8. The first-order valence-electron chi connectivity index (χ1n) is 10.6. The molecule has 2 heterocycles. The van der Waals surface area contributed by atoms with E-state index in [1.807, 2.05) is 24.3 Å². The number of aromatic nitrogens is 2. The van der Waals surface area contributed by atoms with Crippen molar-refractivity contribution < 1.29 is 19.1 Å². The number of hydrogen-bond acceptors (Lipinski definition) is 6. The van der Waals surface area contributed by atoms with Gasteiger partial charge in [0.15, 0.2) is 6.10 Å². The van der Waals surface area contributed by atoms with Gasteiger partial charge in [-0.25, -0.2) is 4.98 Å². The van der Waals surface area contributed by atoms with Gasteiger partial charge in [-0.1, -0.05) is 25.5 Å². The highest BCUT2D eigenvalue weighted by molar-refractivity contribution is 5.83. The van der Waals surface area contributed by atoms with E-state index in [-0.39, 0.29) is 24.3 Å². The summed E-state index contributed by atoms with van der Waals surface area (Å²) in [5.74, 6) is -0.740. The van der Waals surface area contributed by atoms with Crippen molar-refractivity contribution in [3.05, 3.63) is 40.3 Å². The predicted molar refractivity (Wildman–Crippen MR) is 112 cm³/mol. The monoisotopic (exact) mass is 415 g/mol. The maximum absolute atomic E-state index is 12.9. The van der Waals surface area contributed by atoms with Crippen LogP contribution in [0.2, 0.25) is 0 Å². The maximum atomic E-state index is 12.9. The first-order valence-corrected chi connectivity index (χ1v) is 10.6. The van der Waals surface area contributed by atoms with E-state index in [1.165, 1.54) is 0 Å². The number of amides is 1. The number of benzene rings is 1. The standard InChI is InChI=1S/C22H29N3O5/c1-3-4-11-25-19-8-6-5-7-17(19)23-18(22(25)28)9-10-20(26)30-16(2)21(27)24-12-14-29-15-13-24/h5-8,16H,3-4,9-15H2,1-2H3. The highest BCUT2D eigenvalue weighted by atomic mass is 16.5. The highest BCUT2D eigenvalue weighted by Crippen LogP contribution is 2.12. The molecule has 1 amide bonds. The molecule has 0 bridgehead atoms. The Morgan fingerprint density at radius 3 is 2.70 bits per heavy atom. The Hall–Kier alpha value is -2.74. The second kappa shape index (κ2) is 10.3. The van der Waals surface area contributed by atoms with Crippen LogP contribution in [0.3, 0.4) is 0 Å². The van der Waals surface area contributed by atoms with Crippen molar-refractivity contribution in [3.8, 4) is 0 Å². The summed E-state index contributed by atoms with van der Waals surface area (Å²) >= 11 is 0. The average molecular weight is 415 g/mol. The summed E-state index contributed by atoms with van der Waals surface area (Å²) in [5.41, 5.74) is 1.70. The third-order valence-corrected chi connectivity index (χ3v) is 5.20. The van der Waals surface area contributed by atoms with E-state index in [2.05, 4.69) is 11.9 Å². The Bertz CT molecular complexity index is 949. The molecule has 0 N–H and O–H groups in total. The molecule has 2 aromatic rings. The Morgan fingerprint density at radius 2 is 1.97 bits per heavy atom. The molecule has 0 aliphatic carbocycles. The van der Waals surface area contributed by atoms with E-state index in [4.69, 9.17) is 9.47 Å². The van der Waals surface area contributed by atoms with Crippen LogP contribution in [0.4, 0.5) is 0 Å². The summed E-state index contributed by atoms with van der Waals surface area (Å²) in [6.45, 7) is 6.24. The molecular formula is C22H29N3O5. The molecule has 0 spiro atoms. The lowest BCUT2D eigenvalue weighted by molar-refractivity contribution is -0.160. The van der Waals surface area contributed by atoms with E-state index in [0.29, 0.717) is 38.5 Å². The number of ether oxygens (including phenoxy) is 2. The van der Waals surface area contributed by atoms with Gasteiger partial charge in [0, 0.05) is 26.1 Å². The topological polar surface area (TPSA) is 90.7 Å². The molecule has 1 saturated heterocycles. The highest BCUT2D eigenvalue weighted by Gasteiger charge is 2.25. The first kappa shape index (κ1) is 22.0. The molecule has 1 unspecified atom stereocenters. The van der Waals surface area contributed by atoms with Crippen LogP contribution in [-0.2, 0) is 32.0 Å². The smallest absolute Gasteiger partial charge is 0.306 e. The van der Waals surface area contributed by atoms with Crippen molar-refractivity contribution >= 4 is 22.9 Å². The molecule has 30 heavy (non-hydrogen) atoms. The molecular weight excluding hydrogens is 386 g/mol. The number of aryl methyl sites for hydroxylation is 2. The summed E-state index contributed by atoms with van der Waals surface area (Å²) < 4.78 is 12.3. The van der Waals surface area contributed by atoms with Gasteiger partial charge in [0.05, 0.1) is 30.7 Å². The van der Waals surface area contributed by atoms with Crippen molar-refractivity contribution in [3.63, 3.8) is 0 Å². The third-order valence-electron chi connectivity index (χ3n) is 5.20. The fourth-order valence-electron chi connectivity index (χ4n) is 3.51. The average Bonchev–Trinajstić information content (AvgIpc) is 2.77. The van der Waals surface area contributed by atoms with E-state index < -0.39 is 12.1 Å². The number of nitrogens with zero attached hydrogens (tertiary/aromatic N) is 3. The summed E-state index contributed by atoms with van der Waals surface area (Å²) in [4.78, 5) is 43.7. The van der Waals surface area contributed by atoms with Crippen LogP contribution in [0.25, 0.3) is 11.0 Å². The molecule has 0 radical (unpaired) electrons. The van der Waals surface area contributed by atoms with Gasteiger partial charge in [0.2, 0.25) is 0 Å². The molecule has 3 rings (SSSR count). The Balaban J connectivity index is 1.66. The minimum atomic E-state index is -0.860. The van der Waals surface area contributed by atoms with Crippen LogP contribution >= 0.6 is 0 Å². The van der Waals surface area contributed by atoms with E-state index in [1.54, 1.807) is 16.4 Å². The number of fused-ring (bicyclic) bond motifs is 1. The van der Waals surface area contributed by atoms with Gasteiger partial charge in [0.1, 0.15) is 5.69 Å². The van der Waals surface area contributed by atoms with Gasteiger partial charge in [0.25, 0.3) is 11.5 Å². The van der Waals surface area contributed by atoms with Crippen molar-refractivity contribution in [2.75, 3.05) is 26.3 Å². The summed E-state index contributed by atoms with van der Waals surface area (Å²) in [7, 11) is 0. The van der Waals surface area contributed by atoms with Crippen molar-refractivity contribution in [2.24, 2.45) is 0 Å². The number of carbonyl (C=O) groups is 2. The van der Waals surface area contributed by atoms with Crippen LogP contribution in [0.15, 0.2) is 29.1 Å². The minimum absolute atomic E-state index is 0.00487. The second-order valence-corrected chi connectivity index (χ2v) is 7.43. The molecule has 8 nitrogen and oxygen atoms in total. The third kappa shape index (κ3) is 5.24. The molecule has 1 aromatic heterocycles. The number of hydrogen-bond donors (Lipinski definition) is 0. The maximum Gasteiger partial charge on any atom is 0.306 e. The van der Waals surface area contributed by atoms with Crippen LogP contribution in [0.1, 0.15) is 38.8 Å². The zero-order chi connectivity index (χ0) is 21.5. The van der Waals surface area contributed by atoms with Gasteiger partial charge in [-0.3, -0.25) is 14.4 Å². The molecule has 0 saturated carbocycles. The Kier molecular flexibility index (Phi) is 7.57. The van der Waals surface area contributed by atoms with Crippen molar-refractivity contribution in [2.45, 2.75) is 52.2 Å². The lowest BCUT2D eigenvalue weighted by atomic mass is 10.2. The fourth-order valence-corrected chi connectivity index (χ4v) is 3.51. The number of morpholine rings is 1. The quantitative estimate of drug-likeness (QED) is 0.612. The van der Waals surface area contributed by atoms with Gasteiger partial charge >= 0.3 is 5.97 Å². The molecule has 1 aliphatic rings. The molecule has 1 aromatic carbocycles. The minimum Gasteiger partial charge on any atom is -0.453 e. The molecule has 162 valence electrons. The molecule has 1 atom stereocenters.